The molecule has 0 spiro atoms. The maximum absolute atomic E-state index is 11.4. The van der Waals surface area contributed by atoms with Crippen molar-refractivity contribution >= 4 is 16.6 Å². The molecule has 0 aliphatic carbocycles. The molecule has 1 rings (SSSR count). The van der Waals surface area contributed by atoms with Gasteiger partial charge in [0.25, 0.3) is 0 Å². The molecule has 14 heavy (non-hydrogen) atoms. The first-order valence-corrected chi connectivity index (χ1v) is 4.81. The predicted molar refractivity (Wildman–Crippen MR) is 46.8 cm³/mol. The van der Waals surface area contributed by atoms with Gasteiger partial charge in [-0.25, -0.2) is 0 Å². The Morgan fingerprint density at radius 1 is 1.86 bits per heavy atom. The summed E-state index contributed by atoms with van der Waals surface area (Å²) in [7, 11) is -0.208. The van der Waals surface area contributed by atoms with Gasteiger partial charge in [0, 0.05) is 7.05 Å². The molecule has 1 heterocycles. The van der Waals surface area contributed by atoms with Crippen LogP contribution in [0.15, 0.2) is 11.4 Å². The van der Waals surface area contributed by atoms with E-state index in [0.29, 0.717) is 0 Å². The van der Waals surface area contributed by atoms with E-state index in [9.17, 15) is 14.3 Å². The van der Waals surface area contributed by atoms with Crippen molar-refractivity contribution in [2.45, 2.75) is 5.03 Å². The van der Waals surface area contributed by atoms with Crippen LogP contribution < -0.4 is 0 Å². The van der Waals surface area contributed by atoms with Gasteiger partial charge in [0.1, 0.15) is 5.75 Å². The van der Waals surface area contributed by atoms with Crippen molar-refractivity contribution in [1.82, 2.24) is 9.55 Å². The summed E-state index contributed by atoms with van der Waals surface area (Å²) >= 11 is 0. The van der Waals surface area contributed by atoms with Gasteiger partial charge in [-0.3, -0.25) is 4.21 Å². The molecule has 0 unspecified atom stereocenters. The summed E-state index contributed by atoms with van der Waals surface area (Å²) in [6.45, 7) is 0. The molecule has 0 fully saturated rings. The van der Waals surface area contributed by atoms with Gasteiger partial charge in [-0.2, -0.15) is 5.26 Å². The zero-order valence-electron chi connectivity index (χ0n) is 7.21. The summed E-state index contributed by atoms with van der Waals surface area (Å²) in [5.74, 6) is -0.735. The molecule has 0 bridgehead atoms. The highest BCUT2D eigenvalue weighted by atomic mass is 32.2. The number of aromatic nitrogens is 2. The van der Waals surface area contributed by atoms with Crippen molar-refractivity contribution < 1.29 is 9.13 Å². The quantitative estimate of drug-likeness (QED) is 0.518. The van der Waals surface area contributed by atoms with E-state index in [1.54, 1.807) is 6.07 Å². The van der Waals surface area contributed by atoms with Crippen molar-refractivity contribution in [2.24, 2.45) is 7.05 Å². The summed E-state index contributed by atoms with van der Waals surface area (Å²) in [4.78, 5) is 13.2. The predicted octanol–water partition coefficient (Wildman–Crippen LogP) is -0.0405. The van der Waals surface area contributed by atoms with Crippen LogP contribution in [0.25, 0.3) is 0 Å². The van der Waals surface area contributed by atoms with Crippen LogP contribution in [0, 0.1) is 21.4 Å². The van der Waals surface area contributed by atoms with Crippen LogP contribution in [0.2, 0.25) is 0 Å². The van der Waals surface area contributed by atoms with Gasteiger partial charge >= 0.3 is 5.82 Å². The number of nitriles is 1. The summed E-state index contributed by atoms with van der Waals surface area (Å²) in [6, 6.07) is 1.69. The van der Waals surface area contributed by atoms with Gasteiger partial charge in [-0.05, 0) is 9.91 Å². The standard InChI is InChI=1S/C6H6N4O3S/c1-9-4-8-5(10(11)12)6(9)14(13)3-2-7/h4H,3H2,1H3/t14-/m0/s1. The molecule has 1 atom stereocenters. The van der Waals surface area contributed by atoms with Crippen molar-refractivity contribution in [3.63, 3.8) is 0 Å². The Bertz CT molecular complexity index is 433. The first-order valence-electron chi connectivity index (χ1n) is 3.49. The van der Waals surface area contributed by atoms with Gasteiger partial charge in [0.2, 0.25) is 11.4 Å². The van der Waals surface area contributed by atoms with Crippen molar-refractivity contribution in [3.8, 4) is 6.07 Å². The molecule has 0 aromatic carbocycles. The Hall–Kier alpha value is -1.75. The minimum Gasteiger partial charge on any atom is -0.358 e. The number of nitrogens with zero attached hydrogens (tertiary/aromatic N) is 4. The fourth-order valence-electron chi connectivity index (χ4n) is 0.921. The number of hydrogen-bond donors (Lipinski definition) is 0. The number of hydrogen-bond acceptors (Lipinski definition) is 5. The van der Waals surface area contributed by atoms with Crippen LogP contribution in [0.1, 0.15) is 0 Å². The molecule has 74 valence electrons. The van der Waals surface area contributed by atoms with Crippen LogP contribution >= 0.6 is 0 Å². The highest BCUT2D eigenvalue weighted by Crippen LogP contribution is 2.18. The summed E-state index contributed by atoms with van der Waals surface area (Å²) in [6.07, 6.45) is 1.20. The van der Waals surface area contributed by atoms with E-state index in [1.165, 1.54) is 17.9 Å². The average molecular weight is 214 g/mol. The molecule has 7 nitrogen and oxygen atoms in total. The topological polar surface area (TPSA) is 102 Å². The zero-order chi connectivity index (χ0) is 10.7. The van der Waals surface area contributed by atoms with Gasteiger partial charge in [0.15, 0.2) is 0 Å². The Labute approximate surface area is 81.6 Å². The Morgan fingerprint density at radius 3 is 3.00 bits per heavy atom. The van der Waals surface area contributed by atoms with Gasteiger partial charge < -0.3 is 14.7 Å². The summed E-state index contributed by atoms with van der Waals surface area (Å²) < 4.78 is 12.7. The maximum atomic E-state index is 11.4. The van der Waals surface area contributed by atoms with Crippen LogP contribution in [0.5, 0.6) is 0 Å². The molecular formula is C6H6N4O3S. The fourth-order valence-corrected chi connectivity index (χ4v) is 1.87. The number of aryl methyl sites for hydroxylation is 1. The minimum absolute atomic E-state index is 0.0310. The van der Waals surface area contributed by atoms with E-state index in [2.05, 4.69) is 4.98 Å². The third-order valence-electron chi connectivity index (χ3n) is 1.45. The van der Waals surface area contributed by atoms with Gasteiger partial charge in [-0.1, -0.05) is 0 Å². The zero-order valence-corrected chi connectivity index (χ0v) is 8.02. The molecule has 0 aliphatic heterocycles. The number of imidazole rings is 1. The highest BCUT2D eigenvalue weighted by molar-refractivity contribution is 7.85. The van der Waals surface area contributed by atoms with Gasteiger partial charge in [0.05, 0.1) is 16.9 Å². The second-order valence-corrected chi connectivity index (χ2v) is 3.76. The van der Waals surface area contributed by atoms with Crippen LogP contribution in [-0.2, 0) is 17.8 Å². The SMILES string of the molecule is Cn1cnc([N+](=O)[O-])c1[S@@](=O)CC#N. The van der Waals surface area contributed by atoms with E-state index < -0.39 is 21.5 Å². The Morgan fingerprint density at radius 2 is 2.50 bits per heavy atom. The first-order chi connectivity index (χ1) is 6.57. The van der Waals surface area contributed by atoms with Crippen molar-refractivity contribution in [2.75, 3.05) is 5.75 Å². The lowest BCUT2D eigenvalue weighted by molar-refractivity contribution is -0.392. The second kappa shape index (κ2) is 3.97. The minimum atomic E-state index is -1.70. The molecule has 0 saturated heterocycles. The second-order valence-electron chi connectivity index (χ2n) is 2.39. The third kappa shape index (κ3) is 1.77. The molecule has 0 N–H and O–H groups in total. The molecule has 1 aromatic rings. The normalized spacial score (nSPS) is 12.0. The molecule has 0 radical (unpaired) electrons. The molecule has 0 aliphatic rings. The van der Waals surface area contributed by atoms with Crippen LogP contribution in [-0.4, -0.2) is 24.4 Å². The Balaban J connectivity index is 3.19. The van der Waals surface area contributed by atoms with Crippen LogP contribution in [0.3, 0.4) is 0 Å². The van der Waals surface area contributed by atoms with E-state index in [0.717, 1.165) is 0 Å². The first kappa shape index (κ1) is 10.3. The molecule has 0 saturated carbocycles. The molecular weight excluding hydrogens is 208 g/mol. The summed E-state index contributed by atoms with van der Waals surface area (Å²) in [5.41, 5.74) is 0. The lowest BCUT2D eigenvalue weighted by atomic mass is 10.8. The molecule has 0 amide bonds. The lowest BCUT2D eigenvalue weighted by Crippen LogP contribution is -2.04. The number of nitro groups is 1. The van der Waals surface area contributed by atoms with Gasteiger partial charge in [-0.15, -0.1) is 0 Å². The Kier molecular flexibility index (Phi) is 2.93. The monoisotopic (exact) mass is 214 g/mol. The van der Waals surface area contributed by atoms with Crippen molar-refractivity contribution in [3.05, 3.63) is 16.4 Å². The lowest BCUT2D eigenvalue weighted by Gasteiger charge is -1.97. The smallest absolute Gasteiger partial charge is 0.358 e. The van der Waals surface area contributed by atoms with Crippen molar-refractivity contribution in [1.29, 1.82) is 5.26 Å². The molecule has 1 aromatic heterocycles. The van der Waals surface area contributed by atoms with E-state index in [4.69, 9.17) is 5.26 Å². The van der Waals surface area contributed by atoms with E-state index in [-0.39, 0.29) is 10.8 Å². The summed E-state index contributed by atoms with van der Waals surface area (Å²) in [5, 5.41) is 18.7. The van der Waals surface area contributed by atoms with Crippen LogP contribution in [0.4, 0.5) is 5.82 Å². The molecule has 8 heteroatoms. The number of rotatable bonds is 3. The average Bonchev–Trinajstić information content (AvgIpc) is 2.47. The van der Waals surface area contributed by atoms with E-state index in [1.807, 2.05) is 0 Å². The highest BCUT2D eigenvalue weighted by Gasteiger charge is 2.24. The largest absolute Gasteiger partial charge is 0.398 e. The maximum Gasteiger partial charge on any atom is 0.398 e. The fraction of sp³-hybridized carbons (Fsp3) is 0.333. The third-order valence-corrected chi connectivity index (χ3v) is 2.74. The van der Waals surface area contributed by atoms with E-state index >= 15 is 0 Å².